The topological polar surface area (TPSA) is 44.9 Å². The van der Waals surface area contributed by atoms with Crippen molar-refractivity contribution in [3.05, 3.63) is 30.0 Å². The summed E-state index contributed by atoms with van der Waals surface area (Å²) in [6, 6.07) is 2.00. The summed E-state index contributed by atoms with van der Waals surface area (Å²) in [7, 11) is 0. The average Bonchev–Trinajstić information content (AvgIpc) is 2.62. The van der Waals surface area contributed by atoms with Gasteiger partial charge in [0.15, 0.2) is 11.6 Å². The molecule has 0 fully saturated rings. The molecule has 0 spiro atoms. The third-order valence-electron chi connectivity index (χ3n) is 2.10. The zero-order chi connectivity index (χ0) is 11.7. The minimum atomic E-state index is -0.983. The van der Waals surface area contributed by atoms with Crippen LogP contribution in [0.5, 0.6) is 0 Å². The number of aromatic nitrogens is 1. The maximum atomic E-state index is 13.0. The van der Waals surface area contributed by atoms with E-state index < -0.39 is 17.5 Å². The Morgan fingerprint density at radius 3 is 2.75 bits per heavy atom. The van der Waals surface area contributed by atoms with Crippen LogP contribution in [0.3, 0.4) is 0 Å². The van der Waals surface area contributed by atoms with Crippen LogP contribution in [0.2, 0.25) is 0 Å². The SMILES string of the molecule is C#CC(=O)Nc1c[nH]c2cc(F)c(F)cc12. The number of H-pyrrole nitrogens is 1. The first-order chi connectivity index (χ1) is 7.61. The lowest BCUT2D eigenvalue weighted by molar-refractivity contribution is -0.111. The van der Waals surface area contributed by atoms with E-state index in [-0.39, 0.29) is 0 Å². The number of carbonyl (C=O) groups excluding carboxylic acids is 1. The molecule has 16 heavy (non-hydrogen) atoms. The molecule has 1 heterocycles. The van der Waals surface area contributed by atoms with Gasteiger partial charge in [0.25, 0.3) is 5.91 Å². The predicted molar refractivity (Wildman–Crippen MR) is 55.7 cm³/mol. The van der Waals surface area contributed by atoms with E-state index in [1.54, 1.807) is 0 Å². The van der Waals surface area contributed by atoms with Crippen molar-refractivity contribution in [1.82, 2.24) is 4.98 Å². The summed E-state index contributed by atoms with van der Waals surface area (Å²) in [5.74, 6) is -0.723. The number of carbonyl (C=O) groups is 1. The van der Waals surface area contributed by atoms with Gasteiger partial charge < -0.3 is 10.3 Å². The molecule has 1 aromatic heterocycles. The minimum absolute atomic E-state index is 0.317. The molecule has 1 aromatic carbocycles. The molecule has 0 saturated carbocycles. The van der Waals surface area contributed by atoms with Crippen LogP contribution < -0.4 is 5.32 Å². The highest BCUT2D eigenvalue weighted by Gasteiger charge is 2.10. The molecule has 0 aliphatic rings. The monoisotopic (exact) mass is 220 g/mol. The van der Waals surface area contributed by atoms with E-state index in [1.165, 1.54) is 6.20 Å². The highest BCUT2D eigenvalue weighted by atomic mass is 19.2. The summed E-state index contributed by atoms with van der Waals surface area (Å²) in [6.07, 6.45) is 6.30. The number of terminal acetylenes is 1. The van der Waals surface area contributed by atoms with Gasteiger partial charge in [0.05, 0.1) is 11.2 Å². The first kappa shape index (κ1) is 10.2. The number of hydrogen-bond donors (Lipinski definition) is 2. The maximum absolute atomic E-state index is 13.0. The molecule has 2 rings (SSSR count). The highest BCUT2D eigenvalue weighted by Crippen LogP contribution is 2.25. The predicted octanol–water partition coefficient (Wildman–Crippen LogP) is 2.02. The second-order valence-corrected chi connectivity index (χ2v) is 3.11. The van der Waals surface area contributed by atoms with Gasteiger partial charge in [0, 0.05) is 17.6 Å². The number of fused-ring (bicyclic) bond motifs is 1. The van der Waals surface area contributed by atoms with Gasteiger partial charge in [-0.05, 0) is 12.0 Å². The fraction of sp³-hybridized carbons (Fsp3) is 0. The molecule has 1 amide bonds. The van der Waals surface area contributed by atoms with Crippen LogP contribution in [0.1, 0.15) is 0 Å². The molecular weight excluding hydrogens is 214 g/mol. The lowest BCUT2D eigenvalue weighted by atomic mass is 10.2. The maximum Gasteiger partial charge on any atom is 0.300 e. The fourth-order valence-corrected chi connectivity index (χ4v) is 1.38. The third kappa shape index (κ3) is 1.61. The number of anilines is 1. The Kier molecular flexibility index (Phi) is 2.33. The number of halogens is 2. The lowest BCUT2D eigenvalue weighted by Crippen LogP contribution is -2.07. The molecule has 0 bridgehead atoms. The number of hydrogen-bond acceptors (Lipinski definition) is 1. The Hall–Kier alpha value is -2.35. The van der Waals surface area contributed by atoms with Crippen molar-refractivity contribution in [3.8, 4) is 12.3 Å². The van der Waals surface area contributed by atoms with Crippen molar-refractivity contribution in [1.29, 1.82) is 0 Å². The van der Waals surface area contributed by atoms with Gasteiger partial charge >= 0.3 is 0 Å². The molecule has 3 nitrogen and oxygen atoms in total. The fourth-order valence-electron chi connectivity index (χ4n) is 1.38. The Bertz CT molecular complexity index is 610. The van der Waals surface area contributed by atoms with Gasteiger partial charge in [-0.1, -0.05) is 0 Å². The van der Waals surface area contributed by atoms with Gasteiger partial charge in [-0.15, -0.1) is 6.42 Å². The van der Waals surface area contributed by atoms with Crippen LogP contribution in [-0.4, -0.2) is 10.9 Å². The molecule has 0 aliphatic carbocycles. The molecule has 5 heteroatoms. The summed E-state index contributed by atoms with van der Waals surface area (Å²) in [4.78, 5) is 13.6. The van der Waals surface area contributed by atoms with Crippen LogP contribution in [0, 0.1) is 24.0 Å². The summed E-state index contributed by atoms with van der Waals surface area (Å²) in [5.41, 5.74) is 0.697. The number of amides is 1. The minimum Gasteiger partial charge on any atom is -0.359 e. The molecule has 0 unspecified atom stereocenters. The van der Waals surface area contributed by atoms with Gasteiger partial charge in [-0.3, -0.25) is 4.79 Å². The lowest BCUT2D eigenvalue weighted by Gasteiger charge is -1.98. The Morgan fingerprint density at radius 1 is 1.38 bits per heavy atom. The van der Waals surface area contributed by atoms with E-state index in [1.807, 2.05) is 5.92 Å². The average molecular weight is 220 g/mol. The van der Waals surface area contributed by atoms with Crippen molar-refractivity contribution < 1.29 is 13.6 Å². The smallest absolute Gasteiger partial charge is 0.300 e. The van der Waals surface area contributed by atoms with Crippen molar-refractivity contribution >= 4 is 22.5 Å². The molecule has 2 N–H and O–H groups in total. The second kappa shape index (κ2) is 3.66. The zero-order valence-corrected chi connectivity index (χ0v) is 7.97. The van der Waals surface area contributed by atoms with Gasteiger partial charge in [-0.2, -0.15) is 0 Å². The van der Waals surface area contributed by atoms with Gasteiger partial charge in [-0.25, -0.2) is 8.78 Å². The molecule has 0 aliphatic heterocycles. The van der Waals surface area contributed by atoms with Crippen molar-refractivity contribution in [2.75, 3.05) is 5.32 Å². The molecule has 0 radical (unpaired) electrons. The largest absolute Gasteiger partial charge is 0.359 e. The van der Waals surface area contributed by atoms with Crippen molar-refractivity contribution in [3.63, 3.8) is 0 Å². The quantitative estimate of drug-likeness (QED) is 0.709. The first-order valence-corrected chi connectivity index (χ1v) is 4.35. The summed E-state index contributed by atoms with van der Waals surface area (Å²) in [5, 5.41) is 2.73. The Labute approximate surface area is 89.5 Å². The Morgan fingerprint density at radius 2 is 2.06 bits per heavy atom. The van der Waals surface area contributed by atoms with E-state index in [0.29, 0.717) is 16.6 Å². The molecular formula is C11H6F2N2O. The Balaban J connectivity index is 2.53. The van der Waals surface area contributed by atoms with E-state index in [4.69, 9.17) is 6.42 Å². The number of aromatic amines is 1. The molecule has 2 aromatic rings. The number of benzene rings is 1. The normalized spacial score (nSPS) is 10.1. The summed E-state index contributed by atoms with van der Waals surface area (Å²) >= 11 is 0. The molecule has 80 valence electrons. The number of rotatable bonds is 1. The van der Waals surface area contributed by atoms with E-state index in [0.717, 1.165) is 12.1 Å². The van der Waals surface area contributed by atoms with Crippen molar-refractivity contribution in [2.45, 2.75) is 0 Å². The van der Waals surface area contributed by atoms with Gasteiger partial charge in [0.1, 0.15) is 0 Å². The van der Waals surface area contributed by atoms with Gasteiger partial charge in [0.2, 0.25) is 0 Å². The molecule has 0 saturated heterocycles. The first-order valence-electron chi connectivity index (χ1n) is 4.35. The summed E-state index contributed by atoms with van der Waals surface area (Å²) < 4.78 is 25.9. The molecule has 0 atom stereocenters. The van der Waals surface area contributed by atoms with E-state index >= 15 is 0 Å². The second-order valence-electron chi connectivity index (χ2n) is 3.11. The van der Waals surface area contributed by atoms with E-state index in [2.05, 4.69) is 10.3 Å². The highest BCUT2D eigenvalue weighted by molar-refractivity contribution is 6.08. The standard InChI is InChI=1S/C11H6F2N2O/c1-2-11(16)15-10-5-14-9-4-8(13)7(12)3-6(9)10/h1,3-5,14H,(H,15,16). The van der Waals surface area contributed by atoms with Crippen LogP contribution in [0.25, 0.3) is 10.9 Å². The van der Waals surface area contributed by atoms with Crippen molar-refractivity contribution in [2.24, 2.45) is 0 Å². The van der Waals surface area contributed by atoms with E-state index in [9.17, 15) is 13.6 Å². The summed E-state index contributed by atoms with van der Waals surface area (Å²) in [6.45, 7) is 0. The van der Waals surface area contributed by atoms with Crippen LogP contribution in [-0.2, 0) is 4.79 Å². The zero-order valence-electron chi connectivity index (χ0n) is 7.97. The van der Waals surface area contributed by atoms with Crippen LogP contribution >= 0.6 is 0 Å². The third-order valence-corrected chi connectivity index (χ3v) is 2.10. The van der Waals surface area contributed by atoms with Crippen LogP contribution in [0.4, 0.5) is 14.5 Å². The number of nitrogens with one attached hydrogen (secondary N) is 2. The van der Waals surface area contributed by atoms with Crippen LogP contribution in [0.15, 0.2) is 18.3 Å².